The van der Waals surface area contributed by atoms with Gasteiger partial charge in [-0.2, -0.15) is 0 Å². The van der Waals surface area contributed by atoms with Gasteiger partial charge in [-0.15, -0.1) is 0 Å². The molecule has 0 aliphatic heterocycles. The quantitative estimate of drug-likeness (QED) is 0.787. The summed E-state index contributed by atoms with van der Waals surface area (Å²) in [6.45, 7) is 1.28. The van der Waals surface area contributed by atoms with Gasteiger partial charge in [-0.1, -0.05) is 6.07 Å². The van der Waals surface area contributed by atoms with Gasteiger partial charge in [0.15, 0.2) is 11.6 Å². The van der Waals surface area contributed by atoms with Crippen molar-refractivity contribution < 1.29 is 22.7 Å². The van der Waals surface area contributed by atoms with E-state index in [-0.39, 0.29) is 6.54 Å². The molecule has 0 aliphatic carbocycles. The maximum atomic E-state index is 12.9. The van der Waals surface area contributed by atoms with E-state index < -0.39 is 30.2 Å². The number of alkyl halides is 2. The Morgan fingerprint density at radius 1 is 1.24 bits per heavy atom. The van der Waals surface area contributed by atoms with Crippen LogP contribution in [0.15, 0.2) is 18.2 Å². The van der Waals surface area contributed by atoms with Crippen LogP contribution in [-0.4, -0.2) is 24.2 Å². The molecule has 0 radical (unpaired) electrons. The summed E-state index contributed by atoms with van der Waals surface area (Å²) in [7, 11) is 0. The Morgan fingerprint density at radius 2 is 1.88 bits per heavy atom. The predicted molar refractivity (Wildman–Crippen MR) is 54.8 cm³/mol. The van der Waals surface area contributed by atoms with Gasteiger partial charge in [-0.25, -0.2) is 17.6 Å². The van der Waals surface area contributed by atoms with Crippen molar-refractivity contribution >= 4 is 0 Å². The largest absolute Gasteiger partial charge is 0.386 e. The Kier molecular flexibility index (Phi) is 4.89. The van der Waals surface area contributed by atoms with Gasteiger partial charge in [0.25, 0.3) is 6.43 Å². The molecule has 0 saturated heterocycles. The number of hydrogen-bond acceptors (Lipinski definition) is 2. The van der Waals surface area contributed by atoms with Crippen LogP contribution < -0.4 is 5.32 Å². The molecule has 0 saturated carbocycles. The van der Waals surface area contributed by atoms with E-state index in [1.165, 1.54) is 6.07 Å². The van der Waals surface area contributed by atoms with Crippen LogP contribution in [0.5, 0.6) is 0 Å². The van der Waals surface area contributed by atoms with Gasteiger partial charge >= 0.3 is 0 Å². The number of hydrogen-bond donors (Lipinski definition) is 2. The van der Waals surface area contributed by atoms with Crippen molar-refractivity contribution in [3.8, 4) is 0 Å². The minimum absolute atomic E-state index is 0.322. The second kappa shape index (κ2) is 5.97. The zero-order valence-electron chi connectivity index (χ0n) is 9.13. The number of benzene rings is 1. The molecule has 2 atom stereocenters. The minimum atomic E-state index is -2.83. The summed E-state index contributed by atoms with van der Waals surface area (Å²) < 4.78 is 49.5. The van der Waals surface area contributed by atoms with Crippen molar-refractivity contribution in [3.63, 3.8) is 0 Å². The summed E-state index contributed by atoms with van der Waals surface area (Å²) >= 11 is 0. The molecule has 1 rings (SSSR count). The Bertz CT molecular complexity index is 372. The van der Waals surface area contributed by atoms with Crippen LogP contribution in [0.3, 0.4) is 0 Å². The predicted octanol–water partition coefficient (Wildman–Crippen LogP) is 2.24. The molecule has 0 amide bonds. The van der Waals surface area contributed by atoms with Crippen molar-refractivity contribution in [2.24, 2.45) is 0 Å². The number of nitrogens with one attached hydrogen (secondary N) is 1. The topological polar surface area (TPSA) is 32.3 Å². The van der Waals surface area contributed by atoms with Crippen LogP contribution in [0.4, 0.5) is 17.6 Å². The van der Waals surface area contributed by atoms with Gasteiger partial charge in [0.1, 0.15) is 6.10 Å². The summed E-state index contributed by atoms with van der Waals surface area (Å²) in [6, 6.07) is 2.84. The third kappa shape index (κ3) is 3.98. The zero-order valence-corrected chi connectivity index (χ0v) is 9.13. The fourth-order valence-corrected chi connectivity index (χ4v) is 1.29. The SMILES string of the molecule is CC(NCC(O)C(F)F)c1ccc(F)c(F)c1. The van der Waals surface area contributed by atoms with Gasteiger partial charge in [0.2, 0.25) is 0 Å². The highest BCUT2D eigenvalue weighted by atomic mass is 19.3. The molecular weight excluding hydrogens is 238 g/mol. The molecule has 1 aromatic rings. The molecule has 0 spiro atoms. The maximum absolute atomic E-state index is 12.9. The highest BCUT2D eigenvalue weighted by Crippen LogP contribution is 2.16. The molecule has 2 N–H and O–H groups in total. The summed E-state index contributed by atoms with van der Waals surface area (Å²) in [5.41, 5.74) is 0.422. The summed E-state index contributed by atoms with van der Waals surface area (Å²) in [5.74, 6) is -1.96. The smallest absolute Gasteiger partial charge is 0.265 e. The van der Waals surface area contributed by atoms with Crippen molar-refractivity contribution in [1.29, 1.82) is 0 Å². The lowest BCUT2D eigenvalue weighted by Crippen LogP contribution is -2.33. The lowest BCUT2D eigenvalue weighted by atomic mass is 10.1. The normalized spacial score (nSPS) is 15.0. The molecule has 2 unspecified atom stereocenters. The van der Waals surface area contributed by atoms with Crippen molar-refractivity contribution in [2.75, 3.05) is 6.54 Å². The first-order valence-corrected chi connectivity index (χ1v) is 5.06. The van der Waals surface area contributed by atoms with Gasteiger partial charge in [0.05, 0.1) is 0 Å². The zero-order chi connectivity index (χ0) is 13.0. The van der Waals surface area contributed by atoms with Crippen molar-refractivity contribution in [2.45, 2.75) is 25.5 Å². The molecule has 0 heterocycles. The fraction of sp³-hybridized carbons (Fsp3) is 0.455. The van der Waals surface area contributed by atoms with E-state index in [2.05, 4.69) is 5.32 Å². The van der Waals surface area contributed by atoms with Crippen LogP contribution in [0.25, 0.3) is 0 Å². The van der Waals surface area contributed by atoms with E-state index in [9.17, 15) is 17.6 Å². The second-order valence-electron chi connectivity index (χ2n) is 3.71. The monoisotopic (exact) mass is 251 g/mol. The van der Waals surface area contributed by atoms with E-state index in [0.29, 0.717) is 5.56 Å². The van der Waals surface area contributed by atoms with Crippen molar-refractivity contribution in [1.82, 2.24) is 5.32 Å². The number of halogens is 4. The average Bonchev–Trinajstić information content (AvgIpc) is 2.28. The molecule has 0 aromatic heterocycles. The van der Waals surface area contributed by atoms with Gasteiger partial charge in [-0.05, 0) is 24.6 Å². The summed E-state index contributed by atoms with van der Waals surface area (Å²) in [6.07, 6.45) is -4.61. The molecule has 6 heteroatoms. The van der Waals surface area contributed by atoms with E-state index in [1.54, 1.807) is 6.92 Å². The molecule has 0 fully saturated rings. The lowest BCUT2D eigenvalue weighted by Gasteiger charge is -2.17. The third-order valence-corrected chi connectivity index (χ3v) is 2.37. The van der Waals surface area contributed by atoms with E-state index in [1.807, 2.05) is 0 Å². The number of aliphatic hydroxyl groups is 1. The summed E-state index contributed by atoms with van der Waals surface area (Å²) in [4.78, 5) is 0. The van der Waals surface area contributed by atoms with Gasteiger partial charge < -0.3 is 10.4 Å². The van der Waals surface area contributed by atoms with Crippen molar-refractivity contribution in [3.05, 3.63) is 35.4 Å². The lowest BCUT2D eigenvalue weighted by molar-refractivity contribution is -0.00439. The molecule has 2 nitrogen and oxygen atoms in total. The molecule has 96 valence electrons. The van der Waals surface area contributed by atoms with E-state index >= 15 is 0 Å². The molecule has 0 bridgehead atoms. The fourth-order valence-electron chi connectivity index (χ4n) is 1.29. The first-order valence-electron chi connectivity index (χ1n) is 5.06. The molecule has 1 aromatic carbocycles. The molecule has 17 heavy (non-hydrogen) atoms. The first-order chi connectivity index (χ1) is 7.91. The average molecular weight is 251 g/mol. The minimum Gasteiger partial charge on any atom is -0.386 e. The van der Waals surface area contributed by atoms with Crippen LogP contribution in [0.2, 0.25) is 0 Å². The molecular formula is C11H13F4NO. The Morgan fingerprint density at radius 3 is 2.41 bits per heavy atom. The highest BCUT2D eigenvalue weighted by Gasteiger charge is 2.18. The summed E-state index contributed by atoms with van der Waals surface area (Å²) in [5, 5.41) is 11.5. The van der Waals surface area contributed by atoms with Gasteiger partial charge in [-0.3, -0.25) is 0 Å². The van der Waals surface area contributed by atoms with E-state index in [4.69, 9.17) is 5.11 Å². The Labute approximate surface area is 96.3 Å². The Balaban J connectivity index is 2.58. The first kappa shape index (κ1) is 13.9. The van der Waals surface area contributed by atoms with E-state index in [0.717, 1.165) is 12.1 Å². The van der Waals surface area contributed by atoms with Gasteiger partial charge in [0, 0.05) is 12.6 Å². The number of aliphatic hydroxyl groups excluding tert-OH is 1. The molecule has 0 aliphatic rings. The second-order valence-corrected chi connectivity index (χ2v) is 3.71. The standard InChI is InChI=1S/C11H13F4NO/c1-6(16-5-10(17)11(14)15)7-2-3-8(12)9(13)4-7/h2-4,6,10-11,16-17H,5H2,1H3. The maximum Gasteiger partial charge on any atom is 0.265 e. The third-order valence-electron chi connectivity index (χ3n) is 2.37. The van der Waals surface area contributed by atoms with Crippen LogP contribution in [0, 0.1) is 11.6 Å². The Hall–Kier alpha value is -1.14. The highest BCUT2D eigenvalue weighted by molar-refractivity contribution is 5.20. The number of rotatable bonds is 5. The van der Waals surface area contributed by atoms with Crippen LogP contribution in [-0.2, 0) is 0 Å². The van der Waals surface area contributed by atoms with Crippen LogP contribution >= 0.6 is 0 Å². The van der Waals surface area contributed by atoms with Crippen LogP contribution in [0.1, 0.15) is 18.5 Å².